The van der Waals surface area contributed by atoms with Gasteiger partial charge in [0, 0.05) is 35.7 Å². The molecule has 8 heteroatoms. The SMILES string of the molecule is COc1ccccc1NC(=O)N1C[C@@H](COc2cccc(C)n2)[C@@H]2COc3ccc(F)cc3[C@@H]21. The fraction of sp³-hybridized carbons (Fsp3) is 0.308. The first-order valence-electron chi connectivity index (χ1n) is 11.2. The van der Waals surface area contributed by atoms with E-state index in [1.165, 1.54) is 12.1 Å². The van der Waals surface area contributed by atoms with E-state index in [4.69, 9.17) is 14.2 Å². The first-order chi connectivity index (χ1) is 16.5. The number of aryl methyl sites for hydroxylation is 1. The van der Waals surface area contributed by atoms with Gasteiger partial charge in [-0.25, -0.2) is 14.2 Å². The number of fused-ring (bicyclic) bond motifs is 3. The number of hydrogen-bond donors (Lipinski definition) is 1. The lowest BCUT2D eigenvalue weighted by Crippen LogP contribution is -2.38. The molecule has 0 aliphatic carbocycles. The molecule has 3 aromatic rings. The van der Waals surface area contributed by atoms with Crippen molar-refractivity contribution in [1.82, 2.24) is 9.88 Å². The molecular formula is C26H26FN3O4. The summed E-state index contributed by atoms with van der Waals surface area (Å²) < 4.78 is 31.5. The number of carbonyl (C=O) groups is 1. The number of benzene rings is 2. The molecule has 3 atom stereocenters. The number of nitrogens with zero attached hydrogens (tertiary/aromatic N) is 2. The Bertz CT molecular complexity index is 1200. The number of rotatable bonds is 5. The van der Waals surface area contributed by atoms with Crippen molar-refractivity contribution in [2.45, 2.75) is 13.0 Å². The smallest absolute Gasteiger partial charge is 0.322 e. The van der Waals surface area contributed by atoms with Crippen LogP contribution in [0.3, 0.4) is 0 Å². The molecule has 5 rings (SSSR count). The van der Waals surface area contributed by atoms with Crippen molar-refractivity contribution in [2.75, 3.05) is 32.2 Å². The monoisotopic (exact) mass is 463 g/mol. The topological polar surface area (TPSA) is 72.9 Å². The van der Waals surface area contributed by atoms with Crippen LogP contribution in [0.2, 0.25) is 0 Å². The normalized spacial score (nSPS) is 20.7. The second kappa shape index (κ2) is 9.21. The highest BCUT2D eigenvalue weighted by Crippen LogP contribution is 2.48. The van der Waals surface area contributed by atoms with Crippen molar-refractivity contribution in [3.63, 3.8) is 0 Å². The van der Waals surface area contributed by atoms with E-state index in [9.17, 15) is 9.18 Å². The van der Waals surface area contributed by atoms with E-state index >= 15 is 0 Å². The van der Waals surface area contributed by atoms with Crippen LogP contribution in [-0.4, -0.2) is 42.8 Å². The molecule has 34 heavy (non-hydrogen) atoms. The Hall–Kier alpha value is -3.81. The number of halogens is 1. The Kier molecular flexibility index (Phi) is 5.96. The fourth-order valence-corrected chi connectivity index (χ4v) is 4.80. The molecule has 7 nitrogen and oxygen atoms in total. The first kappa shape index (κ1) is 22.0. The maximum absolute atomic E-state index is 14.2. The second-order valence-electron chi connectivity index (χ2n) is 8.57. The molecule has 2 aliphatic rings. The minimum absolute atomic E-state index is 0.0212. The number of carbonyl (C=O) groups excluding carboxylic acids is 1. The number of aromatic nitrogens is 1. The third-order valence-corrected chi connectivity index (χ3v) is 6.42. The van der Waals surface area contributed by atoms with E-state index in [1.54, 1.807) is 30.2 Å². The lowest BCUT2D eigenvalue weighted by molar-refractivity contribution is 0.128. The van der Waals surface area contributed by atoms with E-state index < -0.39 is 0 Å². The van der Waals surface area contributed by atoms with Crippen LogP contribution in [0, 0.1) is 24.6 Å². The molecule has 0 radical (unpaired) electrons. The molecule has 2 amide bonds. The summed E-state index contributed by atoms with van der Waals surface area (Å²) in [4.78, 5) is 19.6. The number of urea groups is 1. The van der Waals surface area contributed by atoms with Crippen LogP contribution < -0.4 is 19.5 Å². The van der Waals surface area contributed by atoms with Gasteiger partial charge in [-0.05, 0) is 43.3 Å². The van der Waals surface area contributed by atoms with E-state index in [0.717, 1.165) is 5.69 Å². The lowest BCUT2D eigenvalue weighted by Gasteiger charge is -2.34. The number of ether oxygens (including phenoxy) is 3. The molecule has 3 heterocycles. The van der Waals surface area contributed by atoms with Gasteiger partial charge in [-0.15, -0.1) is 0 Å². The third kappa shape index (κ3) is 4.23. The minimum Gasteiger partial charge on any atom is -0.495 e. The van der Waals surface area contributed by atoms with Gasteiger partial charge >= 0.3 is 6.03 Å². The quantitative estimate of drug-likeness (QED) is 0.587. The maximum Gasteiger partial charge on any atom is 0.322 e. The molecule has 2 aliphatic heterocycles. The number of anilines is 1. The number of pyridine rings is 1. The first-order valence-corrected chi connectivity index (χ1v) is 11.2. The van der Waals surface area contributed by atoms with Crippen LogP contribution in [0.4, 0.5) is 14.9 Å². The summed E-state index contributed by atoms with van der Waals surface area (Å²) in [6, 6.07) is 16.7. The largest absolute Gasteiger partial charge is 0.495 e. The van der Waals surface area contributed by atoms with Crippen LogP contribution >= 0.6 is 0 Å². The number of amides is 2. The molecule has 1 fully saturated rings. The Morgan fingerprint density at radius 1 is 1.21 bits per heavy atom. The zero-order valence-corrected chi connectivity index (χ0v) is 19.0. The second-order valence-corrected chi connectivity index (χ2v) is 8.57. The average Bonchev–Trinajstić information content (AvgIpc) is 3.22. The number of methoxy groups -OCH3 is 1. The minimum atomic E-state index is -0.364. The van der Waals surface area contributed by atoms with E-state index in [1.807, 2.05) is 37.3 Å². The molecule has 1 aromatic heterocycles. The fourth-order valence-electron chi connectivity index (χ4n) is 4.80. The summed E-state index contributed by atoms with van der Waals surface area (Å²) in [5, 5.41) is 2.96. The zero-order chi connectivity index (χ0) is 23.7. The van der Waals surface area contributed by atoms with Crippen LogP contribution in [0.15, 0.2) is 60.7 Å². The number of nitrogens with one attached hydrogen (secondary N) is 1. The highest BCUT2D eigenvalue weighted by Gasteiger charge is 2.48. The highest BCUT2D eigenvalue weighted by molar-refractivity contribution is 5.91. The van der Waals surface area contributed by atoms with Gasteiger partial charge < -0.3 is 24.4 Å². The van der Waals surface area contributed by atoms with Gasteiger partial charge in [0.1, 0.15) is 17.3 Å². The number of likely N-dealkylation sites (tertiary alicyclic amines) is 1. The Labute approximate surface area is 197 Å². The van der Waals surface area contributed by atoms with Crippen LogP contribution in [-0.2, 0) is 0 Å². The Morgan fingerprint density at radius 2 is 2.06 bits per heavy atom. The maximum atomic E-state index is 14.2. The molecule has 1 N–H and O–H groups in total. The summed E-state index contributed by atoms with van der Waals surface area (Å²) in [7, 11) is 1.56. The van der Waals surface area contributed by atoms with Crippen molar-refractivity contribution in [3.8, 4) is 17.4 Å². The molecule has 0 unspecified atom stereocenters. The summed E-state index contributed by atoms with van der Waals surface area (Å²) >= 11 is 0. The average molecular weight is 464 g/mol. The standard InChI is InChI=1S/C26H26FN3O4/c1-16-6-5-9-24(28-16)34-14-17-13-30(26(31)29-21-7-3-4-8-23(21)32-2)25-19-12-18(27)10-11-22(19)33-15-20(17)25/h3-12,17,20,25H,13-15H2,1-2H3,(H,29,31)/t17-,20-,25-/m0/s1. The van der Waals surface area contributed by atoms with Crippen LogP contribution in [0.5, 0.6) is 17.4 Å². The van der Waals surface area contributed by atoms with Crippen molar-refractivity contribution in [3.05, 3.63) is 77.7 Å². The molecule has 0 spiro atoms. The summed E-state index contributed by atoms with van der Waals surface area (Å²) in [6.07, 6.45) is 0. The molecular weight excluding hydrogens is 437 g/mol. The van der Waals surface area contributed by atoms with Gasteiger partial charge in [0.15, 0.2) is 0 Å². The highest BCUT2D eigenvalue weighted by atomic mass is 19.1. The van der Waals surface area contributed by atoms with Crippen molar-refractivity contribution < 1.29 is 23.4 Å². The van der Waals surface area contributed by atoms with Gasteiger partial charge in [-0.2, -0.15) is 0 Å². The summed E-state index contributed by atoms with van der Waals surface area (Å²) in [5.41, 5.74) is 2.11. The van der Waals surface area contributed by atoms with E-state index in [2.05, 4.69) is 10.3 Å². The summed E-state index contributed by atoms with van der Waals surface area (Å²) in [5.74, 6) is 1.26. The van der Waals surface area contributed by atoms with Crippen molar-refractivity contribution in [2.24, 2.45) is 11.8 Å². The lowest BCUT2D eigenvalue weighted by atomic mass is 9.85. The molecule has 1 saturated heterocycles. The van der Waals surface area contributed by atoms with Gasteiger partial charge in [0.2, 0.25) is 5.88 Å². The van der Waals surface area contributed by atoms with Gasteiger partial charge in [0.25, 0.3) is 0 Å². The van der Waals surface area contributed by atoms with Gasteiger partial charge in [0.05, 0.1) is 32.1 Å². The molecule has 176 valence electrons. The zero-order valence-electron chi connectivity index (χ0n) is 19.0. The number of para-hydroxylation sites is 2. The van der Waals surface area contributed by atoms with E-state index in [0.29, 0.717) is 48.4 Å². The van der Waals surface area contributed by atoms with Crippen molar-refractivity contribution in [1.29, 1.82) is 0 Å². The third-order valence-electron chi connectivity index (χ3n) is 6.42. The predicted molar refractivity (Wildman–Crippen MR) is 125 cm³/mol. The van der Waals surface area contributed by atoms with E-state index in [-0.39, 0.29) is 29.7 Å². The van der Waals surface area contributed by atoms with Crippen LogP contribution in [0.25, 0.3) is 0 Å². The van der Waals surface area contributed by atoms with Gasteiger partial charge in [-0.3, -0.25) is 0 Å². The van der Waals surface area contributed by atoms with Crippen molar-refractivity contribution >= 4 is 11.7 Å². The number of hydrogen-bond acceptors (Lipinski definition) is 5. The van der Waals surface area contributed by atoms with Crippen LogP contribution in [0.1, 0.15) is 17.3 Å². The Balaban J connectivity index is 1.43. The molecule has 0 saturated carbocycles. The Morgan fingerprint density at radius 3 is 2.88 bits per heavy atom. The van der Waals surface area contributed by atoms with Gasteiger partial charge in [-0.1, -0.05) is 18.2 Å². The summed E-state index contributed by atoms with van der Waals surface area (Å²) in [6.45, 7) is 3.12. The molecule has 2 aromatic carbocycles. The molecule has 0 bridgehead atoms. The predicted octanol–water partition coefficient (Wildman–Crippen LogP) is 4.83.